The molecule has 3 aromatic rings. The first-order valence-electron chi connectivity index (χ1n) is 11.6. The fraction of sp³-hybridized carbons (Fsp3) is 0.333. The highest BCUT2D eigenvalue weighted by molar-refractivity contribution is 6.42. The van der Waals surface area contributed by atoms with Crippen LogP contribution in [0.5, 0.6) is 0 Å². The summed E-state index contributed by atoms with van der Waals surface area (Å²) in [6.07, 6.45) is -5.79. The summed E-state index contributed by atoms with van der Waals surface area (Å²) >= 11 is 18.3. The van der Waals surface area contributed by atoms with Gasteiger partial charge in [0.1, 0.15) is 6.54 Å². The molecule has 0 bridgehead atoms. The Morgan fingerprint density at radius 2 is 1.74 bits per heavy atom. The molecular formula is C24H24Cl3F3N6O3. The van der Waals surface area contributed by atoms with Crippen molar-refractivity contribution in [3.8, 4) is 11.4 Å². The molecule has 0 radical (unpaired) electrons. The minimum absolute atomic E-state index is 0.0546. The highest BCUT2D eigenvalue weighted by Crippen LogP contribution is 2.30. The van der Waals surface area contributed by atoms with Gasteiger partial charge in [-0.1, -0.05) is 46.9 Å². The van der Waals surface area contributed by atoms with E-state index in [1.807, 2.05) is 0 Å². The van der Waals surface area contributed by atoms with Crippen molar-refractivity contribution in [1.29, 1.82) is 0 Å². The first kappa shape index (κ1) is 30.3. The number of nitrogens with zero attached hydrogens (tertiary/aromatic N) is 3. The second-order valence-corrected chi connectivity index (χ2v) is 9.51. The lowest BCUT2D eigenvalue weighted by molar-refractivity contribution is -0.136. The number of urea groups is 1. The predicted molar refractivity (Wildman–Crippen MR) is 142 cm³/mol. The number of alkyl halides is 3. The van der Waals surface area contributed by atoms with Crippen molar-refractivity contribution < 1.29 is 22.8 Å². The number of carbonyl (C=O) groups excluding carboxylic acids is 2. The van der Waals surface area contributed by atoms with Crippen molar-refractivity contribution in [2.75, 3.05) is 13.1 Å². The number of nitrogens with one attached hydrogen (secondary N) is 3. The van der Waals surface area contributed by atoms with E-state index in [0.717, 1.165) is 9.25 Å². The molecule has 0 saturated carbocycles. The standard InChI is InChI=1S/C24H24Cl3F3N6O3/c1-2-31-22(38)32-12-18(16-4-3-5-17(26)20(16)27)33-19(37)13-36-23(39)35(11-10-24(28,29)30)21(34-36)14-6-8-15(25)9-7-14/h3-9,18H,2,10-13H2,1H3,(H,33,37)(H2,31,32,38). The van der Waals surface area contributed by atoms with Crippen molar-refractivity contribution in [3.05, 3.63) is 73.6 Å². The number of halogens is 6. The van der Waals surface area contributed by atoms with Gasteiger partial charge in [-0.25, -0.2) is 14.3 Å². The van der Waals surface area contributed by atoms with Crippen molar-refractivity contribution in [3.63, 3.8) is 0 Å². The van der Waals surface area contributed by atoms with E-state index < -0.39 is 49.4 Å². The van der Waals surface area contributed by atoms with E-state index in [9.17, 15) is 27.6 Å². The molecule has 9 nitrogen and oxygen atoms in total. The average molecular weight is 608 g/mol. The monoisotopic (exact) mass is 606 g/mol. The Bertz CT molecular complexity index is 1380. The van der Waals surface area contributed by atoms with Gasteiger partial charge < -0.3 is 16.0 Å². The van der Waals surface area contributed by atoms with Gasteiger partial charge in [-0.15, -0.1) is 5.10 Å². The van der Waals surface area contributed by atoms with Gasteiger partial charge >= 0.3 is 17.9 Å². The van der Waals surface area contributed by atoms with Gasteiger partial charge in [0.05, 0.1) is 22.5 Å². The summed E-state index contributed by atoms with van der Waals surface area (Å²) in [5, 5.41) is 12.7. The van der Waals surface area contributed by atoms with Crippen molar-refractivity contribution in [2.24, 2.45) is 0 Å². The van der Waals surface area contributed by atoms with Crippen LogP contribution in [0.4, 0.5) is 18.0 Å². The van der Waals surface area contributed by atoms with E-state index in [1.54, 1.807) is 25.1 Å². The number of hydrogen-bond acceptors (Lipinski definition) is 4. The Morgan fingerprint density at radius 3 is 2.38 bits per heavy atom. The Morgan fingerprint density at radius 1 is 1.05 bits per heavy atom. The van der Waals surface area contributed by atoms with Gasteiger partial charge in [0.25, 0.3) is 0 Å². The Labute approximate surface area is 236 Å². The zero-order valence-corrected chi connectivity index (χ0v) is 22.8. The van der Waals surface area contributed by atoms with E-state index in [-0.39, 0.29) is 22.4 Å². The second kappa shape index (κ2) is 13.2. The highest BCUT2D eigenvalue weighted by atomic mass is 35.5. The molecule has 1 aromatic heterocycles. The summed E-state index contributed by atoms with van der Waals surface area (Å²) in [5.41, 5.74) is -0.163. The van der Waals surface area contributed by atoms with Gasteiger partial charge in [0.15, 0.2) is 5.82 Å². The average Bonchev–Trinajstić information content (AvgIpc) is 3.17. The lowest BCUT2D eigenvalue weighted by Gasteiger charge is -2.21. The maximum atomic E-state index is 13.0. The van der Waals surface area contributed by atoms with Crippen LogP contribution < -0.4 is 21.6 Å². The quantitative estimate of drug-likeness (QED) is 0.308. The molecule has 0 aliphatic heterocycles. The summed E-state index contributed by atoms with van der Waals surface area (Å²) in [4.78, 5) is 38.0. The Balaban J connectivity index is 1.89. The molecule has 0 aliphatic carbocycles. The molecular weight excluding hydrogens is 584 g/mol. The minimum Gasteiger partial charge on any atom is -0.346 e. The van der Waals surface area contributed by atoms with Crippen LogP contribution in [-0.2, 0) is 17.9 Å². The van der Waals surface area contributed by atoms with E-state index in [2.05, 4.69) is 21.0 Å². The van der Waals surface area contributed by atoms with Crippen LogP contribution in [0.2, 0.25) is 15.1 Å². The number of hydrogen-bond donors (Lipinski definition) is 3. The maximum absolute atomic E-state index is 13.0. The number of amides is 3. The fourth-order valence-electron chi connectivity index (χ4n) is 3.62. The first-order valence-corrected chi connectivity index (χ1v) is 12.8. The molecule has 0 saturated heterocycles. The summed E-state index contributed by atoms with van der Waals surface area (Å²) in [6.45, 7) is 0.711. The summed E-state index contributed by atoms with van der Waals surface area (Å²) in [6, 6.07) is 9.44. The molecule has 3 amide bonds. The molecule has 1 atom stereocenters. The van der Waals surface area contributed by atoms with Crippen LogP contribution in [0.1, 0.15) is 24.9 Å². The number of rotatable bonds is 10. The summed E-state index contributed by atoms with van der Waals surface area (Å²) in [5.74, 6) is -0.764. The zero-order chi connectivity index (χ0) is 28.7. The molecule has 1 heterocycles. The second-order valence-electron chi connectivity index (χ2n) is 8.29. The molecule has 0 fully saturated rings. The molecule has 210 valence electrons. The van der Waals surface area contributed by atoms with Gasteiger partial charge in [-0.2, -0.15) is 13.2 Å². The Hall–Kier alpha value is -3.22. The number of aromatic nitrogens is 3. The fourth-order valence-corrected chi connectivity index (χ4v) is 4.18. The van der Waals surface area contributed by atoms with Crippen LogP contribution in [0.15, 0.2) is 47.3 Å². The molecule has 1 unspecified atom stereocenters. The minimum atomic E-state index is -4.52. The largest absolute Gasteiger partial charge is 0.390 e. The Kier molecular flexibility index (Phi) is 10.3. The lowest BCUT2D eigenvalue weighted by atomic mass is 10.1. The maximum Gasteiger partial charge on any atom is 0.390 e. The summed E-state index contributed by atoms with van der Waals surface area (Å²) < 4.78 is 40.4. The molecule has 2 aromatic carbocycles. The van der Waals surface area contributed by atoms with Crippen molar-refractivity contribution >= 4 is 46.7 Å². The van der Waals surface area contributed by atoms with E-state index in [0.29, 0.717) is 22.7 Å². The number of carbonyl (C=O) groups is 2. The van der Waals surface area contributed by atoms with Crippen LogP contribution in [-0.4, -0.2) is 45.6 Å². The predicted octanol–water partition coefficient (Wildman–Crippen LogP) is 4.80. The van der Waals surface area contributed by atoms with E-state index in [1.165, 1.54) is 24.3 Å². The van der Waals surface area contributed by atoms with E-state index >= 15 is 0 Å². The van der Waals surface area contributed by atoms with Crippen molar-refractivity contribution in [2.45, 2.75) is 38.7 Å². The SMILES string of the molecule is CCNC(=O)NCC(NC(=O)Cn1nc(-c2ccc(Cl)cc2)n(CCC(F)(F)F)c1=O)c1cccc(Cl)c1Cl. The first-order chi connectivity index (χ1) is 18.4. The van der Waals surface area contributed by atoms with Crippen LogP contribution >= 0.6 is 34.8 Å². The van der Waals surface area contributed by atoms with Crippen LogP contribution in [0.3, 0.4) is 0 Å². The van der Waals surface area contributed by atoms with Crippen LogP contribution in [0, 0.1) is 0 Å². The van der Waals surface area contributed by atoms with Gasteiger partial charge in [0, 0.05) is 30.2 Å². The van der Waals surface area contributed by atoms with Gasteiger partial charge in [-0.3, -0.25) is 9.36 Å². The molecule has 39 heavy (non-hydrogen) atoms. The number of benzene rings is 2. The topological polar surface area (TPSA) is 110 Å². The molecule has 3 rings (SSSR count). The zero-order valence-electron chi connectivity index (χ0n) is 20.5. The molecule has 0 spiro atoms. The normalized spacial score (nSPS) is 12.2. The lowest BCUT2D eigenvalue weighted by Crippen LogP contribution is -2.43. The van der Waals surface area contributed by atoms with E-state index in [4.69, 9.17) is 34.8 Å². The third-order valence-corrected chi connectivity index (χ3v) is 6.52. The molecule has 3 N–H and O–H groups in total. The highest BCUT2D eigenvalue weighted by Gasteiger charge is 2.29. The molecule has 0 aliphatic rings. The van der Waals surface area contributed by atoms with Gasteiger partial charge in [-0.05, 0) is 42.8 Å². The van der Waals surface area contributed by atoms with Crippen molar-refractivity contribution in [1.82, 2.24) is 30.3 Å². The third kappa shape index (κ3) is 8.38. The smallest absolute Gasteiger partial charge is 0.346 e. The molecule has 15 heteroatoms. The third-order valence-electron chi connectivity index (χ3n) is 5.43. The summed E-state index contributed by atoms with van der Waals surface area (Å²) in [7, 11) is 0. The van der Waals surface area contributed by atoms with Gasteiger partial charge in [0.2, 0.25) is 5.91 Å². The van der Waals surface area contributed by atoms with Crippen LogP contribution in [0.25, 0.3) is 11.4 Å².